The minimum Gasteiger partial charge on any atom is -0.387 e. The van der Waals surface area contributed by atoms with Crippen LogP contribution in [0.25, 0.3) is 22.0 Å². The summed E-state index contributed by atoms with van der Waals surface area (Å²) in [7, 11) is 1.56. The van der Waals surface area contributed by atoms with Crippen molar-refractivity contribution in [2.45, 2.75) is 69.6 Å². The zero-order valence-corrected chi connectivity index (χ0v) is 31.2. The first-order valence-electron chi connectivity index (χ1n) is 17.7. The number of aromatic nitrogens is 5. The molecule has 4 N–H and O–H groups in total. The fourth-order valence-corrected chi connectivity index (χ4v) is 7.85. The van der Waals surface area contributed by atoms with E-state index in [4.69, 9.17) is 16.6 Å². The maximum Gasteiger partial charge on any atom is 0.293 e. The zero-order valence-electron chi connectivity index (χ0n) is 30.5. The van der Waals surface area contributed by atoms with Gasteiger partial charge in [-0.25, -0.2) is 22.5 Å². The highest BCUT2D eigenvalue weighted by Crippen LogP contribution is 2.63. The maximum atomic E-state index is 15.6. The van der Waals surface area contributed by atoms with Gasteiger partial charge in [0.05, 0.1) is 27.7 Å². The normalized spacial score (nSPS) is 17.4. The number of carbonyl (C=O) groups is 2. The van der Waals surface area contributed by atoms with Crippen molar-refractivity contribution in [3.8, 4) is 23.0 Å². The number of rotatable bonds is 10. The number of aliphatic hydroxyl groups excluding tert-OH is 1. The first-order chi connectivity index (χ1) is 26.9. The highest BCUT2D eigenvalue weighted by Gasteiger charge is 2.62. The van der Waals surface area contributed by atoms with Crippen LogP contribution in [0, 0.1) is 29.4 Å². The van der Waals surface area contributed by atoms with Crippen molar-refractivity contribution in [2.75, 3.05) is 11.9 Å². The Balaban J connectivity index is 1.38. The molecule has 5 aromatic rings. The molecule has 2 aromatic carbocycles. The predicted octanol–water partition coefficient (Wildman–Crippen LogP) is 6.45. The van der Waals surface area contributed by atoms with Gasteiger partial charge in [-0.3, -0.25) is 19.0 Å². The Labute approximate surface area is 326 Å². The molecule has 0 aliphatic heterocycles. The summed E-state index contributed by atoms with van der Waals surface area (Å²) >= 11 is 6.60. The number of alkyl halides is 4. The van der Waals surface area contributed by atoms with Crippen molar-refractivity contribution >= 4 is 40.1 Å². The highest BCUT2D eigenvalue weighted by molar-refractivity contribution is 6.37. The van der Waals surface area contributed by atoms with E-state index in [-0.39, 0.29) is 58.0 Å². The van der Waals surface area contributed by atoms with Crippen LogP contribution in [0.2, 0.25) is 5.02 Å². The Bertz CT molecular complexity index is 2480. The summed E-state index contributed by atoms with van der Waals surface area (Å²) in [5, 5.41) is 33.5. The Kier molecular flexibility index (Phi) is 10.3. The molecule has 57 heavy (non-hydrogen) atoms. The number of carbonyl (C=O) groups excluding carboxylic acids is 2. The van der Waals surface area contributed by atoms with Gasteiger partial charge in [0.25, 0.3) is 18.3 Å². The molecule has 2 aliphatic carbocycles. The number of nitrogens with one attached hydrogen (secondary N) is 2. The van der Waals surface area contributed by atoms with Crippen molar-refractivity contribution in [3.05, 3.63) is 93.0 Å². The van der Waals surface area contributed by atoms with Gasteiger partial charge in [-0.2, -0.15) is 19.0 Å². The van der Waals surface area contributed by atoms with Crippen LogP contribution < -0.4 is 10.6 Å². The third kappa shape index (κ3) is 7.56. The standard InChI is InChI=1S/C39H34ClF6N7O4/c1-38(2,57)11-10-21-4-5-22(23-7-9-26(40)31-34(23)52(3)51-37(31)49-29(56)17-54)32(47-21)27(14-18-12-19(41)15-20(42)13-18)48-28(55)16-53-35-30(33(50-53)36(43)44)24-6-8-25(24)39(35,45)46/h4-5,7,9,12-13,15,24-25,27,36,54,57H,6,8,14,16-17H2,1-3H3,(H,48,55)(H,49,51,56)/t24-,25+,27-/m0/s1. The van der Waals surface area contributed by atoms with Gasteiger partial charge in [0.2, 0.25) is 5.91 Å². The smallest absolute Gasteiger partial charge is 0.293 e. The molecule has 2 aliphatic rings. The molecule has 0 radical (unpaired) electrons. The molecule has 11 nitrogen and oxygen atoms in total. The van der Waals surface area contributed by atoms with Crippen molar-refractivity contribution in [3.63, 3.8) is 0 Å². The van der Waals surface area contributed by atoms with Crippen molar-refractivity contribution in [1.82, 2.24) is 29.9 Å². The molecule has 2 amide bonds. The molecule has 0 spiro atoms. The van der Waals surface area contributed by atoms with Crippen LogP contribution in [-0.2, 0) is 35.5 Å². The molecule has 298 valence electrons. The van der Waals surface area contributed by atoms with Crippen molar-refractivity contribution in [2.24, 2.45) is 13.0 Å². The van der Waals surface area contributed by atoms with Gasteiger partial charge in [0.1, 0.15) is 47.5 Å². The summed E-state index contributed by atoms with van der Waals surface area (Å²) in [6, 6.07) is 7.60. The molecule has 7 rings (SSSR count). The molecule has 1 fully saturated rings. The van der Waals surface area contributed by atoms with Crippen LogP contribution in [0.15, 0.2) is 42.5 Å². The van der Waals surface area contributed by atoms with Crippen LogP contribution in [0.3, 0.4) is 0 Å². The molecule has 3 atom stereocenters. The number of nitrogens with zero attached hydrogens (tertiary/aromatic N) is 5. The third-order valence-electron chi connectivity index (χ3n) is 10.0. The zero-order chi connectivity index (χ0) is 41.1. The lowest BCUT2D eigenvalue weighted by Gasteiger charge is -2.34. The fraction of sp³-hybridized carbons (Fsp3) is 0.359. The molecule has 1 saturated carbocycles. The SMILES string of the molecule is Cn1nc(NC(=O)CO)c2c(Cl)ccc(-c3ccc(C#CC(C)(C)O)nc3[C@H](Cc3cc(F)cc(F)c3)NC(=O)Cn3nc(C(F)F)c4c3C(F)(F)[C@@H]3CC[C@H]43)c21. The van der Waals surface area contributed by atoms with Gasteiger partial charge in [0, 0.05) is 35.7 Å². The lowest BCUT2D eigenvalue weighted by atomic mass is 9.73. The quantitative estimate of drug-likeness (QED) is 0.0937. The van der Waals surface area contributed by atoms with Gasteiger partial charge < -0.3 is 20.8 Å². The summed E-state index contributed by atoms with van der Waals surface area (Å²) < 4.78 is 90.7. The second-order valence-corrected chi connectivity index (χ2v) is 15.0. The van der Waals surface area contributed by atoms with Crippen molar-refractivity contribution < 1.29 is 46.1 Å². The number of fused-ring (bicyclic) bond motifs is 4. The summed E-state index contributed by atoms with van der Waals surface area (Å²) in [4.78, 5) is 30.9. The second kappa shape index (κ2) is 14.8. The lowest BCUT2D eigenvalue weighted by Crippen LogP contribution is -2.36. The molecular formula is C39H34ClF6N7O4. The maximum absolute atomic E-state index is 15.6. The van der Waals surface area contributed by atoms with E-state index in [9.17, 15) is 37.4 Å². The van der Waals surface area contributed by atoms with Crippen LogP contribution in [0.5, 0.6) is 0 Å². The highest BCUT2D eigenvalue weighted by atomic mass is 35.5. The predicted molar refractivity (Wildman–Crippen MR) is 195 cm³/mol. The first kappa shape index (κ1) is 39.8. The van der Waals surface area contributed by atoms with E-state index in [1.165, 1.54) is 30.7 Å². The third-order valence-corrected chi connectivity index (χ3v) is 10.3. The number of aliphatic hydroxyl groups is 2. The summed E-state index contributed by atoms with van der Waals surface area (Å²) in [5.74, 6) is -3.67. The van der Waals surface area contributed by atoms with Gasteiger partial charge in [-0.15, -0.1) is 0 Å². The monoisotopic (exact) mass is 813 g/mol. The average Bonchev–Trinajstić information content (AvgIpc) is 3.68. The van der Waals surface area contributed by atoms with Crippen LogP contribution in [-0.4, -0.2) is 58.8 Å². The Hall–Kier alpha value is -5.44. The lowest BCUT2D eigenvalue weighted by molar-refractivity contribution is -0.123. The number of anilines is 1. The van der Waals surface area contributed by atoms with Gasteiger partial charge in [-0.1, -0.05) is 23.6 Å². The Morgan fingerprint density at radius 3 is 2.37 bits per heavy atom. The van der Waals surface area contributed by atoms with E-state index < -0.39 is 83.8 Å². The van der Waals surface area contributed by atoms with E-state index in [2.05, 4.69) is 32.7 Å². The van der Waals surface area contributed by atoms with E-state index in [1.807, 2.05) is 0 Å². The van der Waals surface area contributed by atoms with Gasteiger partial charge in [0.15, 0.2) is 5.82 Å². The van der Waals surface area contributed by atoms with E-state index in [0.29, 0.717) is 27.4 Å². The molecule has 18 heteroatoms. The molecule has 3 aromatic heterocycles. The number of hydrogen-bond acceptors (Lipinski definition) is 7. The molecule has 0 unspecified atom stereocenters. The van der Waals surface area contributed by atoms with E-state index in [1.54, 1.807) is 19.2 Å². The van der Waals surface area contributed by atoms with Crippen LogP contribution >= 0.6 is 11.6 Å². The molecular weight excluding hydrogens is 780 g/mol. The van der Waals surface area contributed by atoms with Crippen molar-refractivity contribution in [1.29, 1.82) is 0 Å². The Morgan fingerprint density at radius 1 is 1.04 bits per heavy atom. The summed E-state index contributed by atoms with van der Waals surface area (Å²) in [6.45, 7) is 1.13. The molecule has 3 heterocycles. The molecule has 0 bridgehead atoms. The second-order valence-electron chi connectivity index (χ2n) is 14.6. The minimum absolute atomic E-state index is 0.0146. The topological polar surface area (TPSA) is 147 Å². The van der Waals surface area contributed by atoms with E-state index in [0.717, 1.165) is 12.1 Å². The van der Waals surface area contributed by atoms with Gasteiger partial charge >= 0.3 is 0 Å². The number of aryl methyl sites for hydroxylation is 1. The average molecular weight is 814 g/mol. The fourth-order valence-electron chi connectivity index (χ4n) is 7.61. The van der Waals surface area contributed by atoms with Crippen LogP contribution in [0.1, 0.15) is 79.0 Å². The van der Waals surface area contributed by atoms with E-state index >= 15 is 8.78 Å². The largest absolute Gasteiger partial charge is 0.387 e. The molecule has 0 saturated heterocycles. The summed E-state index contributed by atoms with van der Waals surface area (Å²) in [5.41, 5.74) is -2.04. The van der Waals surface area contributed by atoms with Gasteiger partial charge in [-0.05, 0) is 80.8 Å². The number of pyridine rings is 1. The van der Waals surface area contributed by atoms with Crippen LogP contribution in [0.4, 0.5) is 32.2 Å². The first-order valence-corrected chi connectivity index (χ1v) is 18.1. The number of amides is 2. The number of benzene rings is 2. The summed E-state index contributed by atoms with van der Waals surface area (Å²) in [6.07, 6.45) is -3.10. The number of halogens is 7. The minimum atomic E-state index is -3.52. The Morgan fingerprint density at radius 2 is 1.74 bits per heavy atom. The number of hydrogen-bond donors (Lipinski definition) is 4.